The average molecular weight is 937 g/mol. The van der Waals surface area contributed by atoms with Gasteiger partial charge in [-0.1, -0.05) is 187 Å². The fourth-order valence-corrected chi connectivity index (χ4v) is 10.6. The molecule has 1 unspecified atom stereocenters. The van der Waals surface area contributed by atoms with E-state index >= 15 is 0 Å². The van der Waals surface area contributed by atoms with E-state index in [2.05, 4.69) is 47.0 Å². The number of ether oxygens (including phenoxy) is 3. The lowest BCUT2D eigenvalue weighted by Crippen LogP contribution is -2.47. The van der Waals surface area contributed by atoms with E-state index in [9.17, 15) is 19.2 Å². The van der Waals surface area contributed by atoms with E-state index in [1.807, 2.05) is 140 Å². The lowest BCUT2D eigenvalue weighted by Gasteiger charge is -2.36. The van der Waals surface area contributed by atoms with E-state index in [0.29, 0.717) is 21.7 Å². The molecule has 1 heterocycles. The molecular weight excluding hydrogens is 886 g/mol. The fraction of sp³-hybridized carbons (Fsp3) is 0.207. The molecular formula is C58H50ClN3O7. The average Bonchev–Trinajstić information content (AvgIpc) is 4.05. The Morgan fingerprint density at radius 3 is 1.67 bits per heavy atom. The first-order chi connectivity index (χ1) is 33.7. The van der Waals surface area contributed by atoms with Crippen LogP contribution in [0.2, 0.25) is 5.02 Å². The van der Waals surface area contributed by atoms with E-state index in [1.54, 1.807) is 6.07 Å². The molecule has 2 aliphatic carbocycles. The Morgan fingerprint density at radius 1 is 0.609 bits per heavy atom. The Balaban J connectivity index is 0.847. The summed E-state index contributed by atoms with van der Waals surface area (Å²) in [5, 5.41) is 6.22. The number of benzene rings is 7. The first-order valence-electron chi connectivity index (χ1n) is 23.3. The number of hydrogen-bond acceptors (Lipinski definition) is 7. The minimum absolute atomic E-state index is 0.00498. The molecule has 3 aliphatic rings. The molecule has 10 rings (SSSR count). The number of esters is 1. The number of carbonyl (C=O) groups is 4. The van der Waals surface area contributed by atoms with Gasteiger partial charge in [-0.15, -0.1) is 0 Å². The summed E-state index contributed by atoms with van der Waals surface area (Å²) in [6.45, 7) is 2.03. The molecule has 7 aromatic rings. The summed E-state index contributed by atoms with van der Waals surface area (Å²) in [4.78, 5) is 57.5. The number of carbonyl (C=O) groups excluding carboxylic acids is 4. The maximum Gasteiger partial charge on any atom is 0.410 e. The van der Waals surface area contributed by atoms with E-state index in [0.717, 1.165) is 50.1 Å². The van der Waals surface area contributed by atoms with Crippen LogP contribution in [0.15, 0.2) is 176 Å². The summed E-state index contributed by atoms with van der Waals surface area (Å²) < 4.78 is 18.5. The molecule has 0 saturated carbocycles. The van der Waals surface area contributed by atoms with Crippen molar-refractivity contribution >= 4 is 35.7 Å². The minimum atomic E-state index is -1.42. The molecule has 1 saturated heterocycles. The number of fused-ring (bicyclic) bond motifs is 6. The van der Waals surface area contributed by atoms with Gasteiger partial charge in [0.15, 0.2) is 5.60 Å². The number of likely N-dealkylation sites (tertiary alicyclic amines) is 1. The lowest BCUT2D eigenvalue weighted by atomic mass is 9.79. The highest BCUT2D eigenvalue weighted by Gasteiger charge is 2.44. The van der Waals surface area contributed by atoms with Gasteiger partial charge in [-0.25, -0.2) is 9.59 Å². The zero-order valence-electron chi connectivity index (χ0n) is 38.0. The van der Waals surface area contributed by atoms with E-state index < -0.39 is 41.7 Å². The molecule has 346 valence electrons. The maximum atomic E-state index is 14.2. The number of rotatable bonds is 13. The van der Waals surface area contributed by atoms with Crippen LogP contribution in [0.4, 0.5) is 9.59 Å². The minimum Gasteiger partial charge on any atom is -0.449 e. The van der Waals surface area contributed by atoms with Gasteiger partial charge in [0.1, 0.15) is 19.3 Å². The predicted octanol–water partition coefficient (Wildman–Crippen LogP) is 10.9. The summed E-state index contributed by atoms with van der Waals surface area (Å²) in [5.41, 5.74) is 10.3. The Hall–Kier alpha value is -7.69. The monoisotopic (exact) mass is 935 g/mol. The molecule has 0 radical (unpaired) electrons. The largest absolute Gasteiger partial charge is 0.449 e. The Labute approximate surface area is 406 Å². The second kappa shape index (κ2) is 19.5. The first-order valence-corrected chi connectivity index (χ1v) is 23.7. The Kier molecular flexibility index (Phi) is 12.7. The van der Waals surface area contributed by atoms with Gasteiger partial charge in [0, 0.05) is 46.6 Å². The number of nitrogens with zero attached hydrogens (tertiary/aromatic N) is 1. The van der Waals surface area contributed by atoms with Crippen molar-refractivity contribution in [1.82, 2.24) is 15.5 Å². The van der Waals surface area contributed by atoms with Gasteiger partial charge < -0.3 is 24.8 Å². The molecule has 0 bridgehead atoms. The van der Waals surface area contributed by atoms with Gasteiger partial charge in [-0.2, -0.15) is 0 Å². The lowest BCUT2D eigenvalue weighted by molar-refractivity contribution is -0.153. The fourth-order valence-electron chi connectivity index (χ4n) is 10.4. The number of hydrogen-bond donors (Lipinski definition) is 2. The van der Waals surface area contributed by atoms with Gasteiger partial charge in [0.25, 0.3) is 0 Å². The van der Waals surface area contributed by atoms with Crippen LogP contribution < -0.4 is 10.6 Å². The SMILES string of the molecule is Cc1ccc(C(OC(=O)CCNC(=O)[C@@H]2C[C@@H](NC(=O)OCC3c4ccccc4-c4ccccc43)CN2C(=O)OCC2c3ccccc3-c3ccccc32)(c2ccccc2)c2ccccc2Cl)cc1. The third-order valence-corrected chi connectivity index (χ3v) is 14.0. The summed E-state index contributed by atoms with van der Waals surface area (Å²) >= 11 is 6.89. The number of alkyl carbamates (subject to hydrolysis) is 1. The second-order valence-electron chi connectivity index (χ2n) is 17.8. The Bertz CT molecular complexity index is 2960. The smallest absolute Gasteiger partial charge is 0.410 e. The molecule has 10 nitrogen and oxygen atoms in total. The van der Waals surface area contributed by atoms with Crippen LogP contribution in [0, 0.1) is 6.92 Å². The molecule has 1 fully saturated rings. The molecule has 11 heteroatoms. The molecule has 0 aromatic heterocycles. The van der Waals surface area contributed by atoms with Gasteiger partial charge in [0.2, 0.25) is 5.91 Å². The normalized spacial score (nSPS) is 16.6. The zero-order chi connectivity index (χ0) is 47.5. The molecule has 3 atom stereocenters. The van der Waals surface area contributed by atoms with Crippen LogP contribution in [-0.2, 0) is 29.4 Å². The number of halogens is 1. The van der Waals surface area contributed by atoms with Crippen LogP contribution in [0.25, 0.3) is 22.3 Å². The predicted molar refractivity (Wildman–Crippen MR) is 265 cm³/mol. The second-order valence-corrected chi connectivity index (χ2v) is 18.2. The number of aryl methyl sites for hydroxylation is 1. The summed E-state index contributed by atoms with van der Waals surface area (Å²) in [6, 6.07) is 55.1. The van der Waals surface area contributed by atoms with Crippen LogP contribution in [0.5, 0.6) is 0 Å². The van der Waals surface area contributed by atoms with E-state index in [4.69, 9.17) is 25.8 Å². The maximum absolute atomic E-state index is 14.2. The third-order valence-electron chi connectivity index (χ3n) is 13.6. The van der Waals surface area contributed by atoms with Gasteiger partial charge in [0.05, 0.1) is 12.5 Å². The van der Waals surface area contributed by atoms with Crippen LogP contribution in [0.3, 0.4) is 0 Å². The van der Waals surface area contributed by atoms with Crippen molar-refractivity contribution in [2.75, 3.05) is 26.3 Å². The third kappa shape index (κ3) is 8.84. The number of amides is 3. The summed E-state index contributed by atoms with van der Waals surface area (Å²) in [5.74, 6) is -1.44. The molecule has 0 spiro atoms. The molecule has 7 aromatic carbocycles. The van der Waals surface area contributed by atoms with Crippen LogP contribution in [-0.4, -0.2) is 67.3 Å². The standard InChI is InChI=1S/C58H50ClN3O7/c1-37-27-29-39(30-28-37)58(38-15-3-2-4-16-38,51-25-13-14-26-52(51)59)69-54(63)31-32-60-55(64)53-33-40(61-56(65)67-35-49-45-21-9-5-17-41(45)42-18-6-10-22-46(42)49)34-62(53)57(66)68-36-50-47-23-11-7-19-43(47)44-20-8-12-24-48(44)50/h2-30,40,49-50,53H,31-36H2,1H3,(H,60,64)(H,61,65)/t40-,53+,58?/m1/s1. The van der Waals surface area contributed by atoms with Crippen LogP contribution >= 0.6 is 11.6 Å². The molecule has 3 amide bonds. The number of nitrogens with one attached hydrogen (secondary N) is 2. The first kappa shape index (κ1) is 45.1. The van der Waals surface area contributed by atoms with Crippen molar-refractivity contribution in [3.8, 4) is 22.3 Å². The molecule has 69 heavy (non-hydrogen) atoms. The van der Waals surface area contributed by atoms with Crippen molar-refractivity contribution in [2.24, 2.45) is 0 Å². The van der Waals surface area contributed by atoms with Crippen molar-refractivity contribution in [3.05, 3.63) is 225 Å². The Morgan fingerprint density at radius 2 is 1.10 bits per heavy atom. The highest BCUT2D eigenvalue weighted by molar-refractivity contribution is 6.31. The summed E-state index contributed by atoms with van der Waals surface area (Å²) in [7, 11) is 0. The van der Waals surface area contributed by atoms with Crippen molar-refractivity contribution in [2.45, 2.75) is 49.3 Å². The van der Waals surface area contributed by atoms with E-state index in [-0.39, 0.29) is 51.0 Å². The molecule has 1 aliphatic heterocycles. The van der Waals surface area contributed by atoms with Gasteiger partial charge in [-0.3, -0.25) is 14.5 Å². The topological polar surface area (TPSA) is 123 Å². The quantitative estimate of drug-likeness (QED) is 0.0670. The molecule has 2 N–H and O–H groups in total. The van der Waals surface area contributed by atoms with Gasteiger partial charge >= 0.3 is 18.2 Å². The highest BCUT2D eigenvalue weighted by Crippen LogP contribution is 2.47. The highest BCUT2D eigenvalue weighted by atomic mass is 35.5. The van der Waals surface area contributed by atoms with Gasteiger partial charge in [-0.05, 0) is 63.9 Å². The van der Waals surface area contributed by atoms with Crippen molar-refractivity contribution in [1.29, 1.82) is 0 Å². The van der Waals surface area contributed by atoms with Crippen LogP contribution in [0.1, 0.15) is 69.2 Å². The zero-order valence-corrected chi connectivity index (χ0v) is 38.7. The summed E-state index contributed by atoms with van der Waals surface area (Å²) in [6.07, 6.45) is -1.47. The van der Waals surface area contributed by atoms with Crippen molar-refractivity contribution < 1.29 is 33.4 Å². The van der Waals surface area contributed by atoms with E-state index in [1.165, 1.54) is 4.90 Å². The van der Waals surface area contributed by atoms with Crippen molar-refractivity contribution in [3.63, 3.8) is 0 Å².